The highest BCUT2D eigenvalue weighted by Gasteiger charge is 2.04. The number of halogens is 3. The lowest BCUT2D eigenvalue weighted by Crippen LogP contribution is -1.84. The van der Waals surface area contributed by atoms with Crippen LogP contribution in [0.1, 0.15) is 0 Å². The SMILES string of the molecule is Clc1ccnc2cc(I)cc(I)c12. The highest BCUT2D eigenvalue weighted by Crippen LogP contribution is 2.28. The molecule has 0 atom stereocenters. The molecule has 1 nitrogen and oxygen atoms in total. The predicted molar refractivity (Wildman–Crippen MR) is 72.2 cm³/mol. The zero-order valence-corrected chi connectivity index (χ0v) is 11.5. The molecule has 0 saturated heterocycles. The molecule has 66 valence electrons. The summed E-state index contributed by atoms with van der Waals surface area (Å²) in [5, 5.41) is 1.82. The number of nitrogens with zero attached hydrogens (tertiary/aromatic N) is 1. The average Bonchev–Trinajstić information content (AvgIpc) is 2.02. The summed E-state index contributed by atoms with van der Waals surface area (Å²) in [7, 11) is 0. The van der Waals surface area contributed by atoms with Gasteiger partial charge in [-0.25, -0.2) is 0 Å². The fourth-order valence-electron chi connectivity index (χ4n) is 1.16. The third-order valence-electron chi connectivity index (χ3n) is 1.71. The maximum Gasteiger partial charge on any atom is 0.0738 e. The normalized spacial score (nSPS) is 10.7. The summed E-state index contributed by atoms with van der Waals surface area (Å²) in [6.07, 6.45) is 1.73. The molecule has 0 spiro atoms. The molecule has 13 heavy (non-hydrogen) atoms. The number of hydrogen-bond donors (Lipinski definition) is 0. The fourth-order valence-corrected chi connectivity index (χ4v) is 3.68. The van der Waals surface area contributed by atoms with Crippen LogP contribution in [0.25, 0.3) is 10.9 Å². The summed E-state index contributed by atoms with van der Waals surface area (Å²) >= 11 is 10.6. The van der Waals surface area contributed by atoms with E-state index in [0.717, 1.165) is 19.5 Å². The Labute approximate surface area is 108 Å². The van der Waals surface area contributed by atoms with Crippen LogP contribution in [0.3, 0.4) is 0 Å². The Hall–Kier alpha value is 0.380. The molecule has 0 saturated carbocycles. The van der Waals surface area contributed by atoms with E-state index < -0.39 is 0 Å². The van der Waals surface area contributed by atoms with Gasteiger partial charge in [-0.3, -0.25) is 4.98 Å². The van der Waals surface area contributed by atoms with Crippen LogP contribution in [-0.4, -0.2) is 4.98 Å². The van der Waals surface area contributed by atoms with E-state index >= 15 is 0 Å². The Morgan fingerprint density at radius 3 is 2.77 bits per heavy atom. The van der Waals surface area contributed by atoms with Crippen LogP contribution in [0.15, 0.2) is 24.4 Å². The molecule has 0 aliphatic heterocycles. The molecule has 0 aliphatic carbocycles. The summed E-state index contributed by atoms with van der Waals surface area (Å²) in [4.78, 5) is 4.27. The average molecular weight is 415 g/mol. The topological polar surface area (TPSA) is 12.9 Å². The van der Waals surface area contributed by atoms with Gasteiger partial charge in [-0.05, 0) is 63.4 Å². The standard InChI is InChI=1S/C9H4ClI2N/c10-6-1-2-13-8-4-5(11)3-7(12)9(6)8/h1-4H. The molecule has 1 heterocycles. The van der Waals surface area contributed by atoms with E-state index in [1.165, 1.54) is 3.57 Å². The van der Waals surface area contributed by atoms with Crippen molar-refractivity contribution in [2.75, 3.05) is 0 Å². The Morgan fingerprint density at radius 2 is 2.00 bits per heavy atom. The van der Waals surface area contributed by atoms with Gasteiger partial charge in [0.05, 0.1) is 10.5 Å². The predicted octanol–water partition coefficient (Wildman–Crippen LogP) is 4.10. The van der Waals surface area contributed by atoms with Gasteiger partial charge in [-0.1, -0.05) is 11.6 Å². The second-order valence-electron chi connectivity index (χ2n) is 2.57. The van der Waals surface area contributed by atoms with Gasteiger partial charge in [0.1, 0.15) is 0 Å². The largest absolute Gasteiger partial charge is 0.256 e. The zero-order valence-electron chi connectivity index (χ0n) is 6.39. The molecule has 0 amide bonds. The number of fused-ring (bicyclic) bond motifs is 1. The van der Waals surface area contributed by atoms with Crippen molar-refractivity contribution in [1.82, 2.24) is 4.98 Å². The minimum atomic E-state index is 0.769. The second kappa shape index (κ2) is 3.86. The van der Waals surface area contributed by atoms with Gasteiger partial charge in [0.2, 0.25) is 0 Å². The van der Waals surface area contributed by atoms with Crippen molar-refractivity contribution in [1.29, 1.82) is 0 Å². The van der Waals surface area contributed by atoms with Crippen LogP contribution in [-0.2, 0) is 0 Å². The monoisotopic (exact) mass is 415 g/mol. The highest BCUT2D eigenvalue weighted by atomic mass is 127. The zero-order chi connectivity index (χ0) is 9.42. The molecule has 2 rings (SSSR count). The van der Waals surface area contributed by atoms with Gasteiger partial charge < -0.3 is 0 Å². The van der Waals surface area contributed by atoms with Crippen LogP contribution in [0.4, 0.5) is 0 Å². The van der Waals surface area contributed by atoms with Crippen LogP contribution >= 0.6 is 56.8 Å². The molecule has 0 radical (unpaired) electrons. The van der Waals surface area contributed by atoms with E-state index in [0.29, 0.717) is 0 Å². The van der Waals surface area contributed by atoms with Crippen LogP contribution in [0.2, 0.25) is 5.02 Å². The summed E-state index contributed by atoms with van der Waals surface area (Å²) in [6, 6.07) is 5.94. The first-order chi connectivity index (χ1) is 6.18. The van der Waals surface area contributed by atoms with Crippen LogP contribution < -0.4 is 0 Å². The van der Waals surface area contributed by atoms with Gasteiger partial charge >= 0.3 is 0 Å². The van der Waals surface area contributed by atoms with Gasteiger partial charge in [0.15, 0.2) is 0 Å². The third-order valence-corrected chi connectivity index (χ3v) is 3.50. The maximum absolute atomic E-state index is 6.07. The first kappa shape index (κ1) is 9.92. The summed E-state index contributed by atoms with van der Waals surface area (Å²) in [6.45, 7) is 0. The Morgan fingerprint density at radius 1 is 1.23 bits per heavy atom. The molecular formula is C9H4ClI2N. The molecule has 0 N–H and O–H groups in total. The van der Waals surface area contributed by atoms with Crippen molar-refractivity contribution in [3.8, 4) is 0 Å². The van der Waals surface area contributed by atoms with E-state index in [4.69, 9.17) is 11.6 Å². The maximum atomic E-state index is 6.07. The lowest BCUT2D eigenvalue weighted by atomic mass is 10.2. The molecule has 1 aromatic heterocycles. The number of rotatable bonds is 0. The summed E-state index contributed by atoms with van der Waals surface area (Å²) in [5.74, 6) is 0. The van der Waals surface area contributed by atoms with E-state index in [1.54, 1.807) is 6.20 Å². The van der Waals surface area contributed by atoms with E-state index in [9.17, 15) is 0 Å². The molecule has 2 aromatic rings. The number of pyridine rings is 1. The van der Waals surface area contributed by atoms with Crippen molar-refractivity contribution >= 4 is 67.7 Å². The van der Waals surface area contributed by atoms with E-state index in [2.05, 4.69) is 56.2 Å². The quantitative estimate of drug-likeness (QED) is 0.591. The lowest BCUT2D eigenvalue weighted by Gasteiger charge is -2.02. The Kier molecular flexibility index (Phi) is 2.94. The van der Waals surface area contributed by atoms with Gasteiger partial charge in [-0.2, -0.15) is 0 Å². The molecule has 0 unspecified atom stereocenters. The Balaban J connectivity index is 2.94. The summed E-state index contributed by atoms with van der Waals surface area (Å²) < 4.78 is 2.34. The van der Waals surface area contributed by atoms with Crippen molar-refractivity contribution in [3.63, 3.8) is 0 Å². The van der Waals surface area contributed by atoms with Crippen molar-refractivity contribution in [2.24, 2.45) is 0 Å². The van der Waals surface area contributed by atoms with Gasteiger partial charge in [0.25, 0.3) is 0 Å². The van der Waals surface area contributed by atoms with Gasteiger partial charge in [0, 0.05) is 18.7 Å². The van der Waals surface area contributed by atoms with E-state index in [1.807, 2.05) is 12.1 Å². The molecule has 4 heteroatoms. The van der Waals surface area contributed by atoms with Crippen molar-refractivity contribution in [2.45, 2.75) is 0 Å². The smallest absolute Gasteiger partial charge is 0.0738 e. The minimum Gasteiger partial charge on any atom is -0.256 e. The second-order valence-corrected chi connectivity index (χ2v) is 5.39. The lowest BCUT2D eigenvalue weighted by molar-refractivity contribution is 1.40. The van der Waals surface area contributed by atoms with E-state index in [-0.39, 0.29) is 0 Å². The third kappa shape index (κ3) is 1.92. The van der Waals surface area contributed by atoms with Crippen LogP contribution in [0.5, 0.6) is 0 Å². The number of benzene rings is 1. The fraction of sp³-hybridized carbons (Fsp3) is 0. The minimum absolute atomic E-state index is 0.769. The van der Waals surface area contributed by atoms with Crippen molar-refractivity contribution in [3.05, 3.63) is 36.6 Å². The molecular weight excluding hydrogens is 411 g/mol. The highest BCUT2D eigenvalue weighted by molar-refractivity contribution is 14.1. The molecule has 1 aromatic carbocycles. The molecule has 0 aliphatic rings. The first-order valence-electron chi connectivity index (χ1n) is 3.58. The molecule has 0 bridgehead atoms. The van der Waals surface area contributed by atoms with Gasteiger partial charge in [-0.15, -0.1) is 0 Å². The number of hydrogen-bond acceptors (Lipinski definition) is 1. The van der Waals surface area contributed by atoms with Crippen LogP contribution in [0, 0.1) is 7.14 Å². The Bertz CT molecular complexity index is 470. The first-order valence-corrected chi connectivity index (χ1v) is 6.11. The number of aromatic nitrogens is 1. The summed E-state index contributed by atoms with van der Waals surface area (Å²) in [5.41, 5.74) is 0.962. The molecule has 0 fully saturated rings. The van der Waals surface area contributed by atoms with Crippen molar-refractivity contribution < 1.29 is 0 Å².